The van der Waals surface area contributed by atoms with Crippen LogP contribution < -0.4 is 16.0 Å². The fourth-order valence-corrected chi connectivity index (χ4v) is 4.02. The van der Waals surface area contributed by atoms with E-state index in [1.54, 1.807) is 0 Å². The molecule has 194 valence electrons. The van der Waals surface area contributed by atoms with E-state index in [4.69, 9.17) is 27.9 Å². The number of ether oxygens (including phenoxy) is 1. The summed E-state index contributed by atoms with van der Waals surface area (Å²) in [5.41, 5.74) is -1.83. The van der Waals surface area contributed by atoms with E-state index >= 15 is 0 Å². The Morgan fingerprint density at radius 1 is 1.11 bits per heavy atom. The summed E-state index contributed by atoms with van der Waals surface area (Å²) in [7, 11) is 0. The lowest BCUT2D eigenvalue weighted by molar-refractivity contribution is -0.137. The van der Waals surface area contributed by atoms with Crippen molar-refractivity contribution in [2.75, 3.05) is 18.5 Å². The molecule has 3 N–H and O–H groups in total. The number of carbonyl (C=O) groups excluding carboxylic acids is 2. The Morgan fingerprint density at radius 2 is 1.86 bits per heavy atom. The van der Waals surface area contributed by atoms with E-state index in [0.717, 1.165) is 6.07 Å². The van der Waals surface area contributed by atoms with Crippen molar-refractivity contribution in [1.29, 1.82) is 0 Å². The van der Waals surface area contributed by atoms with Crippen molar-refractivity contribution < 1.29 is 27.5 Å². The first-order valence-corrected chi connectivity index (χ1v) is 11.5. The van der Waals surface area contributed by atoms with Crippen molar-refractivity contribution in [3.63, 3.8) is 0 Å². The number of carbonyl (C=O) groups is 2. The Bertz CT molecular complexity index is 1300. The smallest absolute Gasteiger partial charge is 0.378 e. The number of anilines is 2. The SMILES string of the molecule is O=C(N[C@@]1(C(=O)NCc2ncc(Nc3ccc(Cl)cc3C(F)(F)F)cc2Cl)CCOC1)c1cncnc1. The van der Waals surface area contributed by atoms with Gasteiger partial charge in [0.1, 0.15) is 11.9 Å². The fraction of sp³-hybridized carbons (Fsp3) is 0.261. The van der Waals surface area contributed by atoms with Crippen molar-refractivity contribution in [2.45, 2.75) is 24.7 Å². The maximum absolute atomic E-state index is 13.4. The molecule has 1 fully saturated rings. The first-order valence-electron chi connectivity index (χ1n) is 10.8. The molecule has 14 heteroatoms. The highest BCUT2D eigenvalue weighted by Crippen LogP contribution is 2.38. The maximum atomic E-state index is 13.4. The molecule has 0 spiro atoms. The number of pyridine rings is 1. The highest BCUT2D eigenvalue weighted by Gasteiger charge is 2.44. The Balaban J connectivity index is 1.44. The molecule has 3 heterocycles. The van der Waals surface area contributed by atoms with Gasteiger partial charge in [-0.05, 0) is 24.3 Å². The zero-order chi connectivity index (χ0) is 26.6. The van der Waals surface area contributed by atoms with Gasteiger partial charge in [0.2, 0.25) is 5.91 Å². The minimum Gasteiger partial charge on any atom is -0.378 e. The van der Waals surface area contributed by atoms with Crippen LogP contribution in [0.3, 0.4) is 0 Å². The number of nitrogens with one attached hydrogen (secondary N) is 3. The van der Waals surface area contributed by atoms with Gasteiger partial charge < -0.3 is 20.7 Å². The fourth-order valence-electron chi connectivity index (χ4n) is 3.62. The summed E-state index contributed by atoms with van der Waals surface area (Å²) in [4.78, 5) is 37.4. The Kier molecular flexibility index (Phi) is 7.81. The number of amides is 2. The van der Waals surface area contributed by atoms with Gasteiger partial charge in [0, 0.05) is 30.4 Å². The highest BCUT2D eigenvalue weighted by molar-refractivity contribution is 6.31. The molecule has 0 saturated carbocycles. The van der Waals surface area contributed by atoms with Gasteiger partial charge in [-0.3, -0.25) is 14.6 Å². The third-order valence-corrected chi connectivity index (χ3v) is 6.09. The molecule has 0 radical (unpaired) electrons. The number of hydrogen-bond acceptors (Lipinski definition) is 7. The second-order valence-electron chi connectivity index (χ2n) is 8.11. The van der Waals surface area contributed by atoms with Crippen molar-refractivity contribution >= 4 is 46.4 Å². The number of nitrogens with zero attached hydrogens (tertiary/aromatic N) is 3. The molecule has 0 unspecified atom stereocenters. The topological polar surface area (TPSA) is 118 Å². The van der Waals surface area contributed by atoms with Crippen LogP contribution in [0.4, 0.5) is 24.5 Å². The van der Waals surface area contributed by atoms with Crippen LogP contribution in [-0.4, -0.2) is 45.5 Å². The van der Waals surface area contributed by atoms with E-state index < -0.39 is 29.1 Å². The zero-order valence-corrected chi connectivity index (χ0v) is 20.4. The summed E-state index contributed by atoms with van der Waals surface area (Å²) in [5.74, 6) is -1.04. The van der Waals surface area contributed by atoms with E-state index in [1.807, 2.05) is 0 Å². The second-order valence-corrected chi connectivity index (χ2v) is 8.96. The Morgan fingerprint density at radius 3 is 2.51 bits per heavy atom. The quantitative estimate of drug-likeness (QED) is 0.401. The van der Waals surface area contributed by atoms with Crippen LogP contribution in [-0.2, 0) is 22.3 Å². The first kappa shape index (κ1) is 26.6. The van der Waals surface area contributed by atoms with Crippen molar-refractivity contribution in [3.05, 3.63) is 76.0 Å². The van der Waals surface area contributed by atoms with Crippen molar-refractivity contribution in [2.24, 2.45) is 0 Å². The Labute approximate surface area is 218 Å². The zero-order valence-electron chi connectivity index (χ0n) is 18.9. The van der Waals surface area contributed by atoms with Crippen LogP contribution in [0.15, 0.2) is 49.2 Å². The minimum absolute atomic E-state index is 0.0368. The first-order chi connectivity index (χ1) is 17.6. The third kappa shape index (κ3) is 6.27. The predicted molar refractivity (Wildman–Crippen MR) is 128 cm³/mol. The maximum Gasteiger partial charge on any atom is 0.418 e. The van der Waals surface area contributed by atoms with Gasteiger partial charge >= 0.3 is 6.18 Å². The molecule has 1 aromatic carbocycles. The number of hydrogen-bond donors (Lipinski definition) is 3. The Hall–Kier alpha value is -3.48. The summed E-state index contributed by atoms with van der Waals surface area (Å²) in [6, 6.07) is 4.72. The molecule has 2 amide bonds. The van der Waals surface area contributed by atoms with E-state index in [-0.39, 0.29) is 58.9 Å². The summed E-state index contributed by atoms with van der Waals surface area (Å²) < 4.78 is 45.5. The van der Waals surface area contributed by atoms with Crippen LogP contribution in [0.5, 0.6) is 0 Å². The van der Waals surface area contributed by atoms with Gasteiger partial charge in [-0.2, -0.15) is 13.2 Å². The van der Waals surface area contributed by atoms with Gasteiger partial charge in [0.25, 0.3) is 5.91 Å². The van der Waals surface area contributed by atoms with E-state index in [0.29, 0.717) is 0 Å². The number of benzene rings is 1. The summed E-state index contributed by atoms with van der Waals surface area (Å²) in [6.07, 6.45) is 0.825. The molecular weight excluding hydrogens is 536 g/mol. The average Bonchev–Trinajstić information content (AvgIpc) is 3.34. The number of halogens is 5. The summed E-state index contributed by atoms with van der Waals surface area (Å²) in [5, 5.41) is 8.07. The molecule has 0 bridgehead atoms. The van der Waals surface area contributed by atoms with Crippen LogP contribution in [0.2, 0.25) is 10.0 Å². The summed E-state index contributed by atoms with van der Waals surface area (Å²) in [6.45, 7) is 0.132. The lowest BCUT2D eigenvalue weighted by Crippen LogP contribution is -2.59. The molecule has 1 aliphatic heterocycles. The lowest BCUT2D eigenvalue weighted by Gasteiger charge is -2.27. The van der Waals surface area contributed by atoms with Crippen molar-refractivity contribution in [1.82, 2.24) is 25.6 Å². The van der Waals surface area contributed by atoms with E-state index in [1.165, 1.54) is 43.1 Å². The van der Waals surface area contributed by atoms with Gasteiger partial charge in [0.15, 0.2) is 0 Å². The molecule has 2 aromatic heterocycles. The summed E-state index contributed by atoms with van der Waals surface area (Å²) >= 11 is 12.0. The standard InChI is InChI=1S/C23H19Cl2F3N6O3/c24-14-1-2-18(16(5-14)23(26,27)28)33-15-6-17(25)19(31-9-15)10-32-21(36)22(3-4-37-11-22)34-20(35)13-7-29-12-30-8-13/h1-2,5-9,12,33H,3-4,10-11H2,(H,32,36)(H,34,35)/t22-/m0/s1. The van der Waals surface area contributed by atoms with Crippen LogP contribution in [0.25, 0.3) is 0 Å². The number of alkyl halides is 3. The normalized spacial score (nSPS) is 17.3. The molecule has 4 rings (SSSR count). The molecule has 3 aromatic rings. The van der Waals surface area contributed by atoms with Crippen LogP contribution >= 0.6 is 23.2 Å². The molecule has 0 aliphatic carbocycles. The van der Waals surface area contributed by atoms with E-state index in [9.17, 15) is 22.8 Å². The molecule has 9 nitrogen and oxygen atoms in total. The monoisotopic (exact) mass is 554 g/mol. The van der Waals surface area contributed by atoms with Gasteiger partial charge in [0.05, 0.1) is 52.6 Å². The molecular formula is C23H19Cl2F3N6O3. The molecule has 1 atom stereocenters. The van der Waals surface area contributed by atoms with Crippen LogP contribution in [0.1, 0.15) is 28.0 Å². The van der Waals surface area contributed by atoms with Crippen molar-refractivity contribution in [3.8, 4) is 0 Å². The van der Waals surface area contributed by atoms with Gasteiger partial charge in [-0.1, -0.05) is 23.2 Å². The molecule has 1 saturated heterocycles. The average molecular weight is 555 g/mol. The van der Waals surface area contributed by atoms with Crippen LogP contribution in [0, 0.1) is 0 Å². The van der Waals surface area contributed by atoms with Gasteiger partial charge in [-0.25, -0.2) is 9.97 Å². The third-order valence-electron chi connectivity index (χ3n) is 5.53. The lowest BCUT2D eigenvalue weighted by atomic mass is 9.96. The second kappa shape index (κ2) is 10.9. The van der Waals surface area contributed by atoms with Gasteiger partial charge in [-0.15, -0.1) is 0 Å². The predicted octanol–water partition coefficient (Wildman–Crippen LogP) is 4.15. The largest absolute Gasteiger partial charge is 0.418 e. The minimum atomic E-state index is -4.63. The number of aromatic nitrogens is 3. The molecule has 1 aliphatic rings. The molecule has 37 heavy (non-hydrogen) atoms. The highest BCUT2D eigenvalue weighted by atomic mass is 35.5. The van der Waals surface area contributed by atoms with E-state index in [2.05, 4.69) is 30.9 Å². The number of rotatable bonds is 7.